The van der Waals surface area contributed by atoms with E-state index in [1.165, 1.54) is 18.7 Å². The highest BCUT2D eigenvalue weighted by Gasteiger charge is 2.55. The van der Waals surface area contributed by atoms with E-state index in [1.807, 2.05) is 11.0 Å². The van der Waals surface area contributed by atoms with Gasteiger partial charge in [0, 0.05) is 24.3 Å². The van der Waals surface area contributed by atoms with E-state index in [9.17, 15) is 9.18 Å². The van der Waals surface area contributed by atoms with Crippen LogP contribution in [0, 0.1) is 5.82 Å². The van der Waals surface area contributed by atoms with Crippen molar-refractivity contribution in [2.45, 2.75) is 44.2 Å². The summed E-state index contributed by atoms with van der Waals surface area (Å²) in [4.78, 5) is 21.1. The van der Waals surface area contributed by atoms with Crippen LogP contribution < -0.4 is 4.90 Å². The zero-order valence-electron chi connectivity index (χ0n) is 14.5. The molecule has 2 aromatic rings. The number of hydrogen-bond acceptors (Lipinski definition) is 4. The molecule has 0 N–H and O–H groups in total. The number of carbonyl (C=O) groups excluding carboxylic acids is 1. The number of rotatable bonds is 2. The van der Waals surface area contributed by atoms with Crippen LogP contribution in [-0.4, -0.2) is 40.0 Å². The Labute approximate surface area is 146 Å². The summed E-state index contributed by atoms with van der Waals surface area (Å²) >= 11 is 0. The highest BCUT2D eigenvalue weighted by Crippen LogP contribution is 2.47. The molecule has 6 heteroatoms. The predicted molar refractivity (Wildman–Crippen MR) is 91.9 cm³/mol. The normalized spacial score (nSPS) is 25.1. The number of halogens is 1. The maximum atomic E-state index is 13.7. The first kappa shape index (κ1) is 16.1. The largest absolute Gasteiger partial charge is 0.451 e. The van der Waals surface area contributed by atoms with E-state index in [0.717, 1.165) is 31.5 Å². The Morgan fingerprint density at radius 1 is 1.36 bits per heavy atom. The fraction of sp³-hybridized carbons (Fsp3) is 0.474. The highest BCUT2D eigenvalue weighted by molar-refractivity contribution is 5.92. The van der Waals surface area contributed by atoms with Crippen molar-refractivity contribution in [3.63, 3.8) is 0 Å². The minimum Gasteiger partial charge on any atom is -0.451 e. The lowest BCUT2D eigenvalue weighted by Crippen LogP contribution is -2.49. The van der Waals surface area contributed by atoms with Gasteiger partial charge >= 0.3 is 0 Å². The molecular weight excluding hydrogens is 321 g/mol. The van der Waals surface area contributed by atoms with Crippen LogP contribution in [0.25, 0.3) is 0 Å². The number of amides is 1. The minimum atomic E-state index is -0.244. The van der Waals surface area contributed by atoms with Crippen molar-refractivity contribution in [2.24, 2.45) is 0 Å². The number of nitrogens with zero attached hydrogens (tertiary/aromatic N) is 3. The molecule has 1 atom stereocenters. The van der Waals surface area contributed by atoms with Crippen LogP contribution in [0.5, 0.6) is 0 Å². The van der Waals surface area contributed by atoms with Crippen molar-refractivity contribution in [1.29, 1.82) is 0 Å². The van der Waals surface area contributed by atoms with Crippen LogP contribution in [-0.2, 0) is 0 Å². The number of carbonyl (C=O) groups is 1. The SMILES string of the molecule is CC1(C)CC2(CCCN2C(=O)c2cocn2)CN1c1cccc(F)c1. The maximum absolute atomic E-state index is 13.7. The molecule has 2 fully saturated rings. The molecule has 3 heterocycles. The molecule has 1 spiro atoms. The van der Waals surface area contributed by atoms with Gasteiger partial charge in [0.15, 0.2) is 12.1 Å². The molecule has 25 heavy (non-hydrogen) atoms. The van der Waals surface area contributed by atoms with Crippen LogP contribution in [0.1, 0.15) is 43.6 Å². The maximum Gasteiger partial charge on any atom is 0.276 e. The van der Waals surface area contributed by atoms with Gasteiger partial charge in [0.25, 0.3) is 5.91 Å². The van der Waals surface area contributed by atoms with E-state index in [0.29, 0.717) is 12.2 Å². The van der Waals surface area contributed by atoms with E-state index in [4.69, 9.17) is 4.42 Å². The molecule has 5 nitrogen and oxygen atoms in total. The Kier molecular flexibility index (Phi) is 3.60. The fourth-order valence-electron chi connectivity index (χ4n) is 4.61. The summed E-state index contributed by atoms with van der Waals surface area (Å²) in [5, 5.41) is 0. The second kappa shape index (κ2) is 5.58. The highest BCUT2D eigenvalue weighted by atomic mass is 19.1. The lowest BCUT2D eigenvalue weighted by atomic mass is 9.87. The summed E-state index contributed by atoms with van der Waals surface area (Å²) in [6.45, 7) is 5.74. The van der Waals surface area contributed by atoms with E-state index in [2.05, 4.69) is 23.7 Å². The van der Waals surface area contributed by atoms with Gasteiger partial charge < -0.3 is 14.2 Å². The quantitative estimate of drug-likeness (QED) is 0.838. The molecular formula is C19H22FN3O2. The number of anilines is 1. The van der Waals surface area contributed by atoms with Crippen LogP contribution in [0.4, 0.5) is 10.1 Å². The van der Waals surface area contributed by atoms with Crippen molar-refractivity contribution < 1.29 is 13.6 Å². The first-order valence-electron chi connectivity index (χ1n) is 8.65. The smallest absolute Gasteiger partial charge is 0.276 e. The first-order chi connectivity index (χ1) is 11.9. The monoisotopic (exact) mass is 343 g/mol. The van der Waals surface area contributed by atoms with E-state index >= 15 is 0 Å². The molecule has 132 valence electrons. The average molecular weight is 343 g/mol. The van der Waals surface area contributed by atoms with Crippen molar-refractivity contribution in [3.05, 3.63) is 48.4 Å². The second-order valence-electron chi connectivity index (χ2n) is 7.71. The van der Waals surface area contributed by atoms with Gasteiger partial charge in [-0.1, -0.05) is 6.07 Å². The summed E-state index contributed by atoms with van der Waals surface area (Å²) in [6.07, 6.45) is 5.45. The van der Waals surface area contributed by atoms with Crippen LogP contribution in [0.2, 0.25) is 0 Å². The third-order valence-electron chi connectivity index (χ3n) is 5.56. The van der Waals surface area contributed by atoms with Crippen molar-refractivity contribution >= 4 is 11.6 Å². The van der Waals surface area contributed by atoms with Gasteiger partial charge in [0.05, 0.1) is 5.54 Å². The van der Waals surface area contributed by atoms with Crippen molar-refractivity contribution in [1.82, 2.24) is 9.88 Å². The number of benzene rings is 1. The molecule has 2 saturated heterocycles. The molecule has 0 radical (unpaired) electrons. The number of oxazole rings is 1. The summed E-state index contributed by atoms with van der Waals surface area (Å²) in [5.41, 5.74) is 0.803. The number of aromatic nitrogens is 1. The van der Waals surface area contributed by atoms with Gasteiger partial charge in [-0.3, -0.25) is 4.79 Å². The number of hydrogen-bond donors (Lipinski definition) is 0. The molecule has 0 saturated carbocycles. The van der Waals surface area contributed by atoms with Gasteiger partial charge in [-0.2, -0.15) is 0 Å². The average Bonchev–Trinajstić information content (AvgIpc) is 3.26. The van der Waals surface area contributed by atoms with E-state index < -0.39 is 0 Å². The van der Waals surface area contributed by atoms with E-state index in [1.54, 1.807) is 12.1 Å². The van der Waals surface area contributed by atoms with Gasteiger partial charge in [-0.15, -0.1) is 0 Å². The Morgan fingerprint density at radius 3 is 2.92 bits per heavy atom. The topological polar surface area (TPSA) is 49.6 Å². The molecule has 0 bridgehead atoms. The van der Waals surface area contributed by atoms with Crippen LogP contribution in [0.15, 0.2) is 41.3 Å². The lowest BCUT2D eigenvalue weighted by molar-refractivity contribution is 0.0611. The Morgan fingerprint density at radius 2 is 2.20 bits per heavy atom. The summed E-state index contributed by atoms with van der Waals surface area (Å²) in [5.74, 6) is -0.320. The zero-order chi connectivity index (χ0) is 17.7. The Balaban J connectivity index is 1.67. The second-order valence-corrected chi connectivity index (χ2v) is 7.71. The molecule has 2 aliphatic rings. The molecule has 1 aromatic carbocycles. The summed E-state index contributed by atoms with van der Waals surface area (Å²) in [7, 11) is 0. The van der Waals surface area contributed by atoms with Crippen molar-refractivity contribution in [2.75, 3.05) is 18.0 Å². The molecule has 1 unspecified atom stereocenters. The molecule has 1 amide bonds. The predicted octanol–water partition coefficient (Wildman–Crippen LogP) is 3.48. The van der Waals surface area contributed by atoms with Gasteiger partial charge in [-0.05, 0) is 51.3 Å². The van der Waals surface area contributed by atoms with Gasteiger partial charge in [0.2, 0.25) is 0 Å². The summed E-state index contributed by atoms with van der Waals surface area (Å²) in [6, 6.07) is 6.69. The van der Waals surface area contributed by atoms with Crippen molar-refractivity contribution in [3.8, 4) is 0 Å². The molecule has 1 aromatic heterocycles. The van der Waals surface area contributed by atoms with Crippen LogP contribution >= 0.6 is 0 Å². The third kappa shape index (κ3) is 2.60. The van der Waals surface area contributed by atoms with Crippen LogP contribution in [0.3, 0.4) is 0 Å². The van der Waals surface area contributed by atoms with Gasteiger partial charge in [-0.25, -0.2) is 9.37 Å². The van der Waals surface area contributed by atoms with E-state index in [-0.39, 0.29) is 22.8 Å². The molecule has 2 aliphatic heterocycles. The lowest BCUT2D eigenvalue weighted by Gasteiger charge is -2.34. The first-order valence-corrected chi connectivity index (χ1v) is 8.65. The zero-order valence-corrected chi connectivity index (χ0v) is 14.5. The number of likely N-dealkylation sites (tertiary alicyclic amines) is 1. The molecule has 4 rings (SSSR count). The van der Waals surface area contributed by atoms with Gasteiger partial charge in [0.1, 0.15) is 12.1 Å². The fourth-order valence-corrected chi connectivity index (χ4v) is 4.61. The Hall–Kier alpha value is -2.37. The minimum absolute atomic E-state index is 0.0804. The molecule has 0 aliphatic carbocycles. The standard InChI is InChI=1S/C19H22FN3O2/c1-18(2)11-19(12-23(18)15-6-3-5-14(20)9-15)7-4-8-22(19)17(24)16-10-25-13-21-16/h3,5-6,9-10,13H,4,7-8,11-12H2,1-2H3. The third-order valence-corrected chi connectivity index (χ3v) is 5.56. The Bertz CT molecular complexity index is 790. The summed E-state index contributed by atoms with van der Waals surface area (Å²) < 4.78 is 18.7.